The standard InChI is InChI=1S/C32H36Cl2N2O2/c1-2-23-12-14-24(15-13-23)16-19-31(37)36(22-26-17-18-27(33)21-29(26)34)30(20-25-8-4-3-5-9-25)32(38)35-28-10-6-7-11-28/h3-5,8-9,12-15,17-18,21,28,30H,2,6-7,10-11,16,19-20,22H2,1H3,(H,35,38). The predicted molar refractivity (Wildman–Crippen MR) is 155 cm³/mol. The molecule has 1 aliphatic rings. The van der Waals surface area contributed by atoms with Gasteiger partial charge in [-0.2, -0.15) is 0 Å². The van der Waals surface area contributed by atoms with Crippen molar-refractivity contribution in [2.45, 2.75) is 76.9 Å². The second-order valence-electron chi connectivity index (χ2n) is 10.1. The number of carbonyl (C=O) groups excluding carboxylic acids is 2. The molecule has 4 rings (SSSR count). The predicted octanol–water partition coefficient (Wildman–Crippen LogP) is 7.19. The number of carbonyl (C=O) groups is 2. The van der Waals surface area contributed by atoms with Gasteiger partial charge in [-0.25, -0.2) is 0 Å². The van der Waals surface area contributed by atoms with Gasteiger partial charge in [0, 0.05) is 35.5 Å². The highest BCUT2D eigenvalue weighted by Gasteiger charge is 2.32. The molecule has 1 atom stereocenters. The van der Waals surface area contributed by atoms with Crippen LogP contribution in [0, 0.1) is 0 Å². The molecule has 1 aliphatic carbocycles. The fraction of sp³-hybridized carbons (Fsp3) is 0.375. The van der Waals surface area contributed by atoms with Gasteiger partial charge in [0.15, 0.2) is 0 Å². The summed E-state index contributed by atoms with van der Waals surface area (Å²) in [5.41, 5.74) is 4.15. The van der Waals surface area contributed by atoms with E-state index < -0.39 is 6.04 Å². The molecule has 0 radical (unpaired) electrons. The van der Waals surface area contributed by atoms with Gasteiger partial charge in [-0.05, 0) is 60.1 Å². The summed E-state index contributed by atoms with van der Waals surface area (Å²) >= 11 is 12.7. The smallest absolute Gasteiger partial charge is 0.243 e. The largest absolute Gasteiger partial charge is 0.352 e. The van der Waals surface area contributed by atoms with Crippen molar-refractivity contribution >= 4 is 35.0 Å². The molecule has 1 unspecified atom stereocenters. The Morgan fingerprint density at radius 2 is 1.61 bits per heavy atom. The fourth-order valence-electron chi connectivity index (χ4n) is 5.09. The maximum absolute atomic E-state index is 13.9. The Morgan fingerprint density at radius 1 is 0.921 bits per heavy atom. The molecule has 200 valence electrons. The van der Waals surface area contributed by atoms with E-state index >= 15 is 0 Å². The lowest BCUT2D eigenvalue weighted by Crippen LogP contribution is -2.52. The van der Waals surface area contributed by atoms with Crippen LogP contribution >= 0.6 is 23.2 Å². The molecule has 0 saturated heterocycles. The highest BCUT2D eigenvalue weighted by Crippen LogP contribution is 2.25. The van der Waals surface area contributed by atoms with Crippen molar-refractivity contribution in [3.05, 3.63) is 105 Å². The highest BCUT2D eigenvalue weighted by molar-refractivity contribution is 6.35. The first kappa shape index (κ1) is 28.2. The van der Waals surface area contributed by atoms with Gasteiger partial charge in [0.2, 0.25) is 11.8 Å². The SMILES string of the molecule is CCc1ccc(CCC(=O)N(Cc2ccc(Cl)cc2Cl)C(Cc2ccccc2)C(=O)NC2CCCC2)cc1. The summed E-state index contributed by atoms with van der Waals surface area (Å²) in [7, 11) is 0. The van der Waals surface area contributed by atoms with Crippen molar-refractivity contribution < 1.29 is 9.59 Å². The zero-order valence-electron chi connectivity index (χ0n) is 22.0. The topological polar surface area (TPSA) is 49.4 Å². The number of hydrogen-bond donors (Lipinski definition) is 1. The third-order valence-electron chi connectivity index (χ3n) is 7.39. The summed E-state index contributed by atoms with van der Waals surface area (Å²) in [6, 6.07) is 23.1. The lowest BCUT2D eigenvalue weighted by molar-refractivity contribution is -0.141. The van der Waals surface area contributed by atoms with E-state index in [1.807, 2.05) is 36.4 Å². The second kappa shape index (κ2) is 13.8. The number of amides is 2. The van der Waals surface area contributed by atoms with Crippen LogP contribution in [0.3, 0.4) is 0 Å². The average molecular weight is 552 g/mol. The molecule has 0 spiro atoms. The Kier molecular flexibility index (Phi) is 10.3. The Morgan fingerprint density at radius 3 is 2.26 bits per heavy atom. The molecule has 6 heteroatoms. The molecule has 1 fully saturated rings. The van der Waals surface area contributed by atoms with Crippen molar-refractivity contribution in [2.24, 2.45) is 0 Å². The minimum Gasteiger partial charge on any atom is -0.352 e. The number of rotatable bonds is 11. The number of halogens is 2. The van der Waals surface area contributed by atoms with Crippen LogP contribution in [0.2, 0.25) is 10.0 Å². The first-order valence-electron chi connectivity index (χ1n) is 13.6. The number of hydrogen-bond acceptors (Lipinski definition) is 2. The monoisotopic (exact) mass is 550 g/mol. The quantitative estimate of drug-likeness (QED) is 0.274. The first-order valence-corrected chi connectivity index (χ1v) is 14.3. The summed E-state index contributed by atoms with van der Waals surface area (Å²) in [6.45, 7) is 2.36. The highest BCUT2D eigenvalue weighted by atomic mass is 35.5. The summed E-state index contributed by atoms with van der Waals surface area (Å²) in [5.74, 6) is -0.176. The van der Waals surface area contributed by atoms with Crippen LogP contribution in [0.4, 0.5) is 0 Å². The number of nitrogens with one attached hydrogen (secondary N) is 1. The van der Waals surface area contributed by atoms with E-state index in [0.717, 1.165) is 48.8 Å². The van der Waals surface area contributed by atoms with Crippen LogP contribution < -0.4 is 5.32 Å². The lowest BCUT2D eigenvalue weighted by Gasteiger charge is -2.32. The van der Waals surface area contributed by atoms with Gasteiger partial charge < -0.3 is 10.2 Å². The molecule has 2 amide bonds. The van der Waals surface area contributed by atoms with Crippen LogP contribution in [0.5, 0.6) is 0 Å². The molecule has 3 aromatic carbocycles. The van der Waals surface area contributed by atoms with E-state index in [2.05, 4.69) is 36.5 Å². The molecule has 0 heterocycles. The summed E-state index contributed by atoms with van der Waals surface area (Å²) in [4.78, 5) is 29.4. The van der Waals surface area contributed by atoms with Crippen LogP contribution in [-0.4, -0.2) is 28.8 Å². The maximum Gasteiger partial charge on any atom is 0.243 e. The molecule has 1 saturated carbocycles. The summed E-state index contributed by atoms with van der Waals surface area (Å²) in [5, 5.41) is 4.26. The van der Waals surface area contributed by atoms with E-state index in [1.54, 1.807) is 17.0 Å². The lowest BCUT2D eigenvalue weighted by atomic mass is 10.0. The van der Waals surface area contributed by atoms with Gasteiger partial charge in [0.1, 0.15) is 6.04 Å². The Bertz CT molecular complexity index is 1210. The fourth-order valence-corrected chi connectivity index (χ4v) is 5.56. The van der Waals surface area contributed by atoms with E-state index in [-0.39, 0.29) is 24.4 Å². The zero-order chi connectivity index (χ0) is 26.9. The molecule has 0 bridgehead atoms. The molecule has 0 aromatic heterocycles. The summed E-state index contributed by atoms with van der Waals surface area (Å²) in [6.07, 6.45) is 6.52. The van der Waals surface area contributed by atoms with Gasteiger partial charge >= 0.3 is 0 Å². The Balaban J connectivity index is 1.62. The van der Waals surface area contributed by atoms with E-state index in [9.17, 15) is 9.59 Å². The maximum atomic E-state index is 13.9. The third kappa shape index (κ3) is 7.85. The molecule has 1 N–H and O–H groups in total. The van der Waals surface area contributed by atoms with Crippen molar-refractivity contribution in [1.82, 2.24) is 10.2 Å². The molecule has 3 aromatic rings. The third-order valence-corrected chi connectivity index (χ3v) is 7.97. The second-order valence-corrected chi connectivity index (χ2v) is 11.0. The molecule has 0 aliphatic heterocycles. The molecular weight excluding hydrogens is 515 g/mol. The zero-order valence-corrected chi connectivity index (χ0v) is 23.5. The minimum absolute atomic E-state index is 0.0712. The van der Waals surface area contributed by atoms with E-state index in [0.29, 0.717) is 29.3 Å². The van der Waals surface area contributed by atoms with Gasteiger partial charge in [0.25, 0.3) is 0 Å². The normalized spacial score (nSPS) is 14.3. The van der Waals surface area contributed by atoms with E-state index in [4.69, 9.17) is 23.2 Å². The number of nitrogens with zero attached hydrogens (tertiary/aromatic N) is 1. The number of benzene rings is 3. The average Bonchev–Trinajstić information content (AvgIpc) is 3.44. The minimum atomic E-state index is -0.653. The van der Waals surface area contributed by atoms with Crippen molar-refractivity contribution in [1.29, 1.82) is 0 Å². The van der Waals surface area contributed by atoms with Gasteiger partial charge in [-0.3, -0.25) is 9.59 Å². The van der Waals surface area contributed by atoms with Crippen LogP contribution in [-0.2, 0) is 35.4 Å². The van der Waals surface area contributed by atoms with Gasteiger partial charge in [0.05, 0.1) is 0 Å². The van der Waals surface area contributed by atoms with E-state index in [1.165, 1.54) is 5.56 Å². The molecule has 38 heavy (non-hydrogen) atoms. The van der Waals surface area contributed by atoms with Crippen molar-refractivity contribution in [3.8, 4) is 0 Å². The summed E-state index contributed by atoms with van der Waals surface area (Å²) < 4.78 is 0. The molecule has 4 nitrogen and oxygen atoms in total. The van der Waals surface area contributed by atoms with Gasteiger partial charge in [-0.1, -0.05) is 104 Å². The molecular formula is C32H36Cl2N2O2. The van der Waals surface area contributed by atoms with Crippen LogP contribution in [0.1, 0.15) is 61.3 Å². The van der Waals surface area contributed by atoms with Crippen LogP contribution in [0.25, 0.3) is 0 Å². The van der Waals surface area contributed by atoms with Crippen LogP contribution in [0.15, 0.2) is 72.8 Å². The van der Waals surface area contributed by atoms with Gasteiger partial charge in [-0.15, -0.1) is 0 Å². The Labute approximate surface area is 236 Å². The Hall–Kier alpha value is -2.82. The first-order chi connectivity index (χ1) is 18.4. The van der Waals surface area contributed by atoms with Crippen molar-refractivity contribution in [2.75, 3.05) is 0 Å². The number of aryl methyl sites for hydroxylation is 2. The van der Waals surface area contributed by atoms with Crippen molar-refractivity contribution in [3.63, 3.8) is 0 Å².